The van der Waals surface area contributed by atoms with Crippen LogP contribution in [0.5, 0.6) is 0 Å². The van der Waals surface area contributed by atoms with Crippen molar-refractivity contribution in [2.45, 2.75) is 12.2 Å². The van der Waals surface area contributed by atoms with Gasteiger partial charge in [-0.2, -0.15) is 5.01 Å². The number of carbonyl (C=O) groups excluding carboxylic acids is 1. The Labute approximate surface area is 198 Å². The van der Waals surface area contributed by atoms with E-state index >= 15 is 0 Å². The van der Waals surface area contributed by atoms with Gasteiger partial charge in [0.2, 0.25) is 6.79 Å². The van der Waals surface area contributed by atoms with Gasteiger partial charge in [0, 0.05) is 18.9 Å². The van der Waals surface area contributed by atoms with Gasteiger partial charge in [0.15, 0.2) is 0 Å². The van der Waals surface area contributed by atoms with E-state index < -0.39 is 6.16 Å². The average Bonchev–Trinajstić information content (AvgIpc) is 2.90. The number of carbonyl (C=O) groups is 1. The van der Waals surface area contributed by atoms with E-state index in [1.807, 2.05) is 30.5 Å². The first-order valence-corrected chi connectivity index (χ1v) is 11.2. The molecule has 0 saturated carbocycles. The first-order chi connectivity index (χ1) is 16.8. The fourth-order valence-corrected chi connectivity index (χ4v) is 4.48. The zero-order chi connectivity index (χ0) is 23.3. The summed E-state index contributed by atoms with van der Waals surface area (Å²) >= 11 is 0. The molecule has 0 aromatic heterocycles. The van der Waals surface area contributed by atoms with Gasteiger partial charge < -0.3 is 23.8 Å². The van der Waals surface area contributed by atoms with Crippen LogP contribution >= 0.6 is 0 Å². The Morgan fingerprint density at radius 1 is 1.09 bits per heavy atom. The highest BCUT2D eigenvalue weighted by atomic mass is 16.8. The summed E-state index contributed by atoms with van der Waals surface area (Å²) < 4.78 is 21.2. The van der Waals surface area contributed by atoms with E-state index in [-0.39, 0.29) is 19.0 Å². The van der Waals surface area contributed by atoms with Crippen molar-refractivity contribution < 1.29 is 23.7 Å². The third-order valence-corrected chi connectivity index (χ3v) is 6.01. The number of hydrogen-bond donors (Lipinski definition) is 0. The van der Waals surface area contributed by atoms with Gasteiger partial charge in [0.1, 0.15) is 17.6 Å². The van der Waals surface area contributed by atoms with Crippen molar-refractivity contribution in [1.29, 1.82) is 0 Å². The topological polar surface area (TPSA) is 63.7 Å². The highest BCUT2D eigenvalue weighted by Crippen LogP contribution is 2.40. The molecule has 0 unspecified atom stereocenters. The van der Waals surface area contributed by atoms with E-state index in [0.717, 1.165) is 12.2 Å². The van der Waals surface area contributed by atoms with E-state index in [9.17, 15) is 4.79 Å². The minimum absolute atomic E-state index is 0.0155. The number of hydrazine groups is 1. The summed E-state index contributed by atoms with van der Waals surface area (Å²) in [5.41, 5.74) is 3.19. The molecule has 2 aromatic rings. The summed E-state index contributed by atoms with van der Waals surface area (Å²) in [6.07, 6.45) is 7.09. The molecule has 3 heterocycles. The first-order valence-electron chi connectivity index (χ1n) is 11.2. The van der Waals surface area contributed by atoms with Crippen LogP contribution in [0, 0.1) is 0 Å². The molecule has 0 bridgehead atoms. The Morgan fingerprint density at radius 2 is 1.79 bits per heavy atom. The predicted octanol–water partition coefficient (Wildman–Crippen LogP) is 3.98. The molecule has 8 nitrogen and oxygen atoms in total. The predicted molar refractivity (Wildman–Crippen MR) is 124 cm³/mol. The molecule has 3 aliphatic rings. The second kappa shape index (κ2) is 10.0. The Kier molecular flexibility index (Phi) is 6.51. The van der Waals surface area contributed by atoms with Gasteiger partial charge >= 0.3 is 6.16 Å². The van der Waals surface area contributed by atoms with Crippen molar-refractivity contribution in [2.75, 3.05) is 33.7 Å². The summed E-state index contributed by atoms with van der Waals surface area (Å²) in [5.74, 6) is 0.598. The molecule has 34 heavy (non-hydrogen) atoms. The molecule has 1 fully saturated rings. The van der Waals surface area contributed by atoms with Crippen molar-refractivity contribution in [2.24, 2.45) is 0 Å². The largest absolute Gasteiger partial charge is 0.510 e. The number of nitrogens with zero attached hydrogens (tertiary/aromatic N) is 3. The van der Waals surface area contributed by atoms with Gasteiger partial charge in [-0.15, -0.1) is 0 Å². The lowest BCUT2D eigenvalue weighted by Gasteiger charge is -2.54. The maximum Gasteiger partial charge on any atom is 0.510 e. The highest BCUT2D eigenvalue weighted by molar-refractivity contribution is 5.59. The van der Waals surface area contributed by atoms with Gasteiger partial charge in [0.05, 0.1) is 26.4 Å². The molecule has 0 aliphatic carbocycles. The third-order valence-electron chi connectivity index (χ3n) is 6.01. The molecule has 0 amide bonds. The summed E-state index contributed by atoms with van der Waals surface area (Å²) in [7, 11) is 1.26. The van der Waals surface area contributed by atoms with Gasteiger partial charge in [-0.3, -0.25) is 5.01 Å². The summed E-state index contributed by atoms with van der Waals surface area (Å²) in [5, 5.41) is 4.43. The highest BCUT2D eigenvalue weighted by Gasteiger charge is 2.42. The van der Waals surface area contributed by atoms with Crippen LogP contribution in [-0.2, 0) is 18.9 Å². The lowest BCUT2D eigenvalue weighted by molar-refractivity contribution is -0.151. The van der Waals surface area contributed by atoms with Crippen molar-refractivity contribution in [3.05, 3.63) is 108 Å². The maximum atomic E-state index is 11.4. The van der Waals surface area contributed by atoms with Crippen LogP contribution in [0.1, 0.15) is 17.2 Å². The Hall–Kier alpha value is -3.75. The number of benzene rings is 2. The van der Waals surface area contributed by atoms with Crippen molar-refractivity contribution in [3.63, 3.8) is 0 Å². The van der Waals surface area contributed by atoms with Crippen molar-refractivity contribution >= 4 is 6.16 Å². The van der Waals surface area contributed by atoms with Crippen LogP contribution in [0.15, 0.2) is 96.7 Å². The van der Waals surface area contributed by atoms with E-state index in [1.54, 1.807) is 0 Å². The number of methoxy groups -OCH3 is 1. The molecular weight excluding hydrogens is 434 g/mol. The molecule has 0 radical (unpaired) electrons. The lowest BCUT2D eigenvalue weighted by Crippen LogP contribution is -2.62. The fourth-order valence-electron chi connectivity index (χ4n) is 4.48. The van der Waals surface area contributed by atoms with Crippen LogP contribution in [0.4, 0.5) is 4.79 Å². The van der Waals surface area contributed by atoms with Crippen molar-refractivity contribution in [3.8, 4) is 0 Å². The van der Waals surface area contributed by atoms with Gasteiger partial charge in [-0.05, 0) is 23.3 Å². The van der Waals surface area contributed by atoms with Gasteiger partial charge in [0.25, 0.3) is 0 Å². The molecule has 5 rings (SSSR count). The average molecular weight is 462 g/mol. The Morgan fingerprint density at radius 3 is 2.47 bits per heavy atom. The first kappa shape index (κ1) is 22.1. The van der Waals surface area contributed by atoms with Crippen LogP contribution < -0.4 is 0 Å². The summed E-state index contributed by atoms with van der Waals surface area (Å²) in [6.45, 7) is 1.72. The Bertz CT molecular complexity index is 1050. The standard InChI is InChI=1S/C26H27N3O5/c1-31-26(30)34-19-33-23-13-8-14-28-22(23)17-27-15-16-32-18-24(27)29(28)25(20-9-4-2-5-10-20)21-11-6-3-7-12-21/h2-14,17,24-25H,15-16,18-19H2,1H3/t24-/m1/s1. The maximum absolute atomic E-state index is 11.4. The molecule has 0 spiro atoms. The lowest BCUT2D eigenvalue weighted by atomic mass is 9.97. The second-order valence-electron chi connectivity index (χ2n) is 7.99. The minimum Gasteiger partial charge on any atom is -0.455 e. The monoisotopic (exact) mass is 461 g/mol. The molecule has 0 N–H and O–H groups in total. The molecule has 176 valence electrons. The number of hydrogen-bond acceptors (Lipinski definition) is 8. The SMILES string of the molecule is COC(=O)OCOC1=CC=CN2C1=CN1CCOC[C@H]1N2C(c1ccccc1)c1ccccc1. The minimum atomic E-state index is -0.787. The van der Waals surface area contributed by atoms with Crippen LogP contribution in [0.25, 0.3) is 0 Å². The molecule has 1 saturated heterocycles. The van der Waals surface area contributed by atoms with Crippen LogP contribution in [-0.4, -0.2) is 60.9 Å². The van der Waals surface area contributed by atoms with Crippen molar-refractivity contribution in [1.82, 2.24) is 14.9 Å². The molecule has 2 aromatic carbocycles. The van der Waals surface area contributed by atoms with Crippen LogP contribution in [0.3, 0.4) is 0 Å². The molecule has 8 heteroatoms. The Balaban J connectivity index is 1.53. The van der Waals surface area contributed by atoms with Gasteiger partial charge in [-0.25, -0.2) is 4.79 Å². The van der Waals surface area contributed by atoms with E-state index in [1.165, 1.54) is 18.2 Å². The summed E-state index contributed by atoms with van der Waals surface area (Å²) in [6, 6.07) is 20.8. The molecular formula is C26H27N3O5. The number of morpholine rings is 1. The quantitative estimate of drug-likeness (QED) is 0.473. The third kappa shape index (κ3) is 4.37. The number of rotatable bonds is 6. The molecule has 3 aliphatic heterocycles. The molecule has 1 atom stereocenters. The zero-order valence-electron chi connectivity index (χ0n) is 18.9. The van der Waals surface area contributed by atoms with E-state index in [4.69, 9.17) is 14.2 Å². The van der Waals surface area contributed by atoms with E-state index in [2.05, 4.69) is 74.4 Å². The number of fused-ring (bicyclic) bond motifs is 2. The smallest absolute Gasteiger partial charge is 0.455 e. The zero-order valence-corrected chi connectivity index (χ0v) is 18.9. The summed E-state index contributed by atoms with van der Waals surface area (Å²) in [4.78, 5) is 13.6. The second-order valence-corrected chi connectivity index (χ2v) is 7.99. The van der Waals surface area contributed by atoms with Crippen LogP contribution in [0.2, 0.25) is 0 Å². The number of ether oxygens (including phenoxy) is 4. The normalized spacial score (nSPS) is 19.6. The number of allylic oxidation sites excluding steroid dienone is 2. The van der Waals surface area contributed by atoms with E-state index in [0.29, 0.717) is 19.0 Å². The fraction of sp³-hybridized carbons (Fsp3) is 0.269. The van der Waals surface area contributed by atoms with Gasteiger partial charge in [-0.1, -0.05) is 60.7 Å².